The quantitative estimate of drug-likeness (QED) is 0.0481. The predicted octanol–water partition coefficient (Wildman–Crippen LogP) is 11.2. The van der Waals surface area contributed by atoms with Crippen molar-refractivity contribution < 1.29 is 47.2 Å². The number of hydrogen-bond acceptors (Lipinski definition) is 14. The Balaban J connectivity index is 0.790. The number of piperidine rings is 2. The van der Waals surface area contributed by atoms with Crippen LogP contribution in [0.5, 0.6) is 17.5 Å². The Hall–Kier alpha value is -6.50. The number of benzene rings is 3. The van der Waals surface area contributed by atoms with Gasteiger partial charge in [0, 0.05) is 114 Å². The van der Waals surface area contributed by atoms with Crippen LogP contribution in [0.15, 0.2) is 48.7 Å². The smallest absolute Gasteiger partial charge is 0.328 e. The van der Waals surface area contributed by atoms with Crippen LogP contribution in [0.4, 0.5) is 25.1 Å². The van der Waals surface area contributed by atoms with Gasteiger partial charge in [0.15, 0.2) is 12.6 Å². The van der Waals surface area contributed by atoms with Crippen LogP contribution in [0.2, 0.25) is 16.6 Å². The van der Waals surface area contributed by atoms with Crippen LogP contribution < -0.4 is 29.3 Å². The average molecular weight is 1210 g/mol. The number of β-amino-alcohol motifs (C(OH)–C–C–N with tert-alkyl or cyclic N) is 1. The third-order valence-corrected chi connectivity index (χ3v) is 25.9. The number of pyridine rings is 1. The van der Waals surface area contributed by atoms with Gasteiger partial charge >= 0.3 is 12.0 Å². The fourth-order valence-corrected chi connectivity index (χ4v) is 20.1. The molecule has 4 amide bonds. The fourth-order valence-electron chi connectivity index (χ4n) is 14.8. The lowest BCUT2D eigenvalue weighted by molar-refractivity contribution is -0.120. The van der Waals surface area contributed by atoms with Crippen molar-refractivity contribution in [2.24, 2.45) is 17.3 Å². The summed E-state index contributed by atoms with van der Waals surface area (Å²) in [6.45, 7) is 25.7. The van der Waals surface area contributed by atoms with Crippen molar-refractivity contribution in [2.75, 3.05) is 109 Å². The second kappa shape index (κ2) is 26.7. The van der Waals surface area contributed by atoms with Crippen LogP contribution in [0, 0.1) is 40.3 Å². The zero-order valence-electron chi connectivity index (χ0n) is 52.7. The van der Waals surface area contributed by atoms with E-state index in [4.69, 9.17) is 33.9 Å². The van der Waals surface area contributed by atoms with Gasteiger partial charge in [-0.2, -0.15) is 9.97 Å². The number of halogens is 2. The molecule has 5 aliphatic rings. The summed E-state index contributed by atoms with van der Waals surface area (Å²) in [5, 5.41) is 15.1. The average Bonchev–Trinajstić information content (AvgIpc) is 1.14. The minimum atomic E-state index is -2.33. The van der Waals surface area contributed by atoms with Gasteiger partial charge in [0.25, 0.3) is 5.91 Å². The van der Waals surface area contributed by atoms with Crippen LogP contribution in [0.1, 0.15) is 129 Å². The van der Waals surface area contributed by atoms with Crippen LogP contribution in [0.3, 0.4) is 0 Å². The van der Waals surface area contributed by atoms with Crippen molar-refractivity contribution in [2.45, 2.75) is 135 Å². The molecule has 2 aromatic heterocycles. The molecule has 5 aromatic rings. The molecule has 20 heteroatoms. The highest BCUT2D eigenvalue weighted by molar-refractivity contribution is 6.90. The molecule has 1 saturated carbocycles. The number of carbonyl (C=O) groups excluding carboxylic acids is 3. The maximum Gasteiger partial charge on any atom is 0.328 e. The molecule has 1 aliphatic carbocycles. The minimum Gasteiger partial charge on any atom is -0.495 e. The van der Waals surface area contributed by atoms with E-state index in [1.54, 1.807) is 49.5 Å². The number of aliphatic hydroxyl groups is 1. The number of ether oxygens (including phenoxy) is 4. The van der Waals surface area contributed by atoms with Gasteiger partial charge in [-0.05, 0) is 128 Å². The van der Waals surface area contributed by atoms with E-state index in [0.29, 0.717) is 112 Å². The second-order valence-corrected chi connectivity index (χ2v) is 32.2. The number of amides is 4. The Morgan fingerprint density at radius 1 is 0.851 bits per heavy atom. The molecule has 0 bridgehead atoms. The number of carbonyl (C=O) groups is 3. The van der Waals surface area contributed by atoms with Crippen molar-refractivity contribution in [3.63, 3.8) is 0 Å². The molecule has 17 nitrogen and oxygen atoms in total. The van der Waals surface area contributed by atoms with Crippen LogP contribution >= 0.6 is 0 Å². The Morgan fingerprint density at radius 2 is 1.56 bits per heavy atom. The summed E-state index contributed by atoms with van der Waals surface area (Å²) < 4.78 is 57.6. The number of likely N-dealkylation sites (tertiary alicyclic amines) is 1. The second-order valence-electron chi connectivity index (χ2n) is 26.6. The molecule has 1 unspecified atom stereocenters. The number of rotatable bonds is 18. The highest BCUT2D eigenvalue weighted by Gasteiger charge is 2.43. The molecule has 2 atom stereocenters. The van der Waals surface area contributed by atoms with Gasteiger partial charge in [-0.15, -0.1) is 5.54 Å². The van der Waals surface area contributed by atoms with Gasteiger partial charge in [-0.1, -0.05) is 60.5 Å². The number of fused-ring (bicyclic) bond motifs is 2. The number of nitrogens with zero attached hydrogens (tertiary/aromatic N) is 8. The van der Waals surface area contributed by atoms with Gasteiger partial charge in [-0.3, -0.25) is 24.8 Å². The van der Waals surface area contributed by atoms with Gasteiger partial charge in [0.05, 0.1) is 36.0 Å². The summed E-state index contributed by atoms with van der Waals surface area (Å²) in [4.78, 5) is 63.3. The van der Waals surface area contributed by atoms with Crippen molar-refractivity contribution >= 4 is 59.1 Å². The number of piperazine rings is 1. The van der Waals surface area contributed by atoms with E-state index in [9.17, 15) is 19.5 Å². The van der Waals surface area contributed by atoms with Crippen molar-refractivity contribution in [3.05, 3.63) is 71.4 Å². The van der Waals surface area contributed by atoms with Crippen LogP contribution in [0.25, 0.3) is 32.9 Å². The molecule has 3 aromatic carbocycles. The normalized spacial score (nSPS) is 20.4. The van der Waals surface area contributed by atoms with E-state index in [-0.39, 0.29) is 72.2 Å². The lowest BCUT2D eigenvalue weighted by Crippen LogP contribution is -2.50. The summed E-state index contributed by atoms with van der Waals surface area (Å²) in [5.41, 5.74) is 5.28. The van der Waals surface area contributed by atoms with Gasteiger partial charge in [0.2, 0.25) is 5.91 Å². The number of aromatic nitrogens is 3. The molecule has 4 saturated heterocycles. The number of anilines is 2. The Morgan fingerprint density at radius 3 is 2.23 bits per heavy atom. The molecule has 0 radical (unpaired) electrons. The largest absolute Gasteiger partial charge is 0.495 e. The minimum absolute atomic E-state index is 0.000537. The summed E-state index contributed by atoms with van der Waals surface area (Å²) >= 11 is 0. The monoisotopic (exact) mass is 1210 g/mol. The number of methoxy groups -OCH3 is 2. The number of urea groups is 1. The van der Waals surface area contributed by atoms with Gasteiger partial charge in [-0.25, -0.2) is 13.6 Å². The highest BCUT2D eigenvalue weighted by Crippen LogP contribution is 2.48. The predicted molar refractivity (Wildman–Crippen MR) is 338 cm³/mol. The molecule has 87 heavy (non-hydrogen) atoms. The third-order valence-electron chi connectivity index (χ3n) is 19.6. The Bertz CT molecular complexity index is 3380. The topological polar surface area (TPSA) is 175 Å². The SMILES string of the molecule is COCOc1cc(-c2ncc3c(N4CCC[C@@](C)(O)C4)nc(OCC(C)CN4CCN(CC5CCC6(CC5)CCN(C(=O)c5ccc(OC)c(N7CCC(=O)NC7=O)c5)CC6)CC4)nc3c2F)c2c(C#C[Si](C(C)C)(C(C)C)C(C)C)c(F)ccc2c1. The van der Waals surface area contributed by atoms with Gasteiger partial charge < -0.3 is 43.7 Å². The van der Waals surface area contributed by atoms with E-state index < -0.39 is 31.3 Å². The molecule has 5 fully saturated rings. The molecule has 6 heterocycles. The Labute approximate surface area is 512 Å². The summed E-state index contributed by atoms with van der Waals surface area (Å²) in [6, 6.07) is 11.2. The molecule has 1 spiro atoms. The van der Waals surface area contributed by atoms with Crippen molar-refractivity contribution in [1.29, 1.82) is 0 Å². The summed E-state index contributed by atoms with van der Waals surface area (Å²) in [6.07, 6.45) is 9.73. The first-order valence-corrected chi connectivity index (χ1v) is 33.8. The summed E-state index contributed by atoms with van der Waals surface area (Å²) in [5.74, 6) is 3.76. The number of nitrogens with one attached hydrogen (secondary N) is 1. The highest BCUT2D eigenvalue weighted by atomic mass is 28.3. The summed E-state index contributed by atoms with van der Waals surface area (Å²) in [7, 11) is 0.716. The lowest BCUT2D eigenvalue weighted by Gasteiger charge is -2.47. The lowest BCUT2D eigenvalue weighted by atomic mass is 9.65. The Kier molecular flexibility index (Phi) is 19.5. The molecular formula is C67H89F2N9O8Si. The number of imide groups is 1. The van der Waals surface area contributed by atoms with E-state index in [1.165, 1.54) is 50.9 Å². The molecule has 468 valence electrons. The standard InChI is InChI=1S/C67H89F2N9O8Si/c1-43(2)87(44(3)4,45(5)6)33-19-51-54(68)14-12-48-34-50(86-42-83-9)36-52(58(48)51)60-59(69)61-53(37-70-60)62(77-25-11-20-66(8,82)41-77)73-64(72-61)85-40-46(7)38-74-29-31-75(32-30-74)39-47-16-21-67(22-17-47)23-27-76(28-24-67)63(80)49-13-15-56(84-10)55(35-49)78-26-18-57(79)71-65(78)81/h12-15,34-37,43-47,82H,11,16-18,20-32,38-42H2,1-10H3,(H,71,79,81)/t46?,66-/m1/s1. The van der Waals surface area contributed by atoms with E-state index in [0.717, 1.165) is 52.1 Å². The fraction of sp³-hybridized carbons (Fsp3) is 0.582. The molecular weight excluding hydrogens is 1120 g/mol. The molecule has 4 aliphatic heterocycles. The first-order valence-electron chi connectivity index (χ1n) is 31.5. The zero-order valence-corrected chi connectivity index (χ0v) is 53.7. The zero-order chi connectivity index (χ0) is 62.0. The van der Waals surface area contributed by atoms with Crippen LogP contribution in [-0.4, -0.2) is 166 Å². The van der Waals surface area contributed by atoms with E-state index >= 15 is 8.78 Å². The van der Waals surface area contributed by atoms with Crippen LogP contribution in [-0.2, 0) is 9.53 Å². The molecule has 2 N–H and O–H groups in total. The maximum atomic E-state index is 17.9. The number of hydrogen-bond donors (Lipinski definition) is 2. The van der Waals surface area contributed by atoms with E-state index in [2.05, 4.69) is 75.0 Å². The third kappa shape index (κ3) is 13.7. The van der Waals surface area contributed by atoms with E-state index in [1.807, 2.05) is 9.80 Å². The van der Waals surface area contributed by atoms with Gasteiger partial charge in [0.1, 0.15) is 42.4 Å². The van der Waals surface area contributed by atoms with Crippen molar-refractivity contribution in [1.82, 2.24) is 35.0 Å². The molecule has 10 rings (SSSR count). The first kappa shape index (κ1) is 63.5. The first-order chi connectivity index (χ1) is 41.6. The maximum absolute atomic E-state index is 17.9. The van der Waals surface area contributed by atoms with Crippen molar-refractivity contribution in [3.8, 4) is 40.2 Å².